The van der Waals surface area contributed by atoms with Gasteiger partial charge in [0, 0.05) is 36.3 Å². The lowest BCUT2D eigenvalue weighted by molar-refractivity contribution is 0.331. The molecule has 1 saturated heterocycles. The van der Waals surface area contributed by atoms with Crippen LogP contribution in [-0.2, 0) is 25.5 Å². The molecule has 0 unspecified atom stereocenters. The molecule has 11 nitrogen and oxygen atoms in total. The van der Waals surface area contributed by atoms with Gasteiger partial charge in [-0.15, -0.1) is 11.3 Å². The number of rotatable bonds is 8. The number of sulfonamides is 2. The number of nitriles is 1. The van der Waals surface area contributed by atoms with Crippen LogP contribution in [-0.4, -0.2) is 61.5 Å². The van der Waals surface area contributed by atoms with Crippen molar-refractivity contribution in [2.75, 3.05) is 29.4 Å². The molecule has 0 saturated carbocycles. The van der Waals surface area contributed by atoms with Gasteiger partial charge < -0.3 is 5.32 Å². The van der Waals surface area contributed by atoms with Crippen molar-refractivity contribution in [2.45, 2.75) is 50.0 Å². The summed E-state index contributed by atoms with van der Waals surface area (Å²) in [7, 11) is -8.25. The number of hydrogen-bond donors (Lipinski definition) is 2. The van der Waals surface area contributed by atoms with E-state index in [1.165, 1.54) is 46.3 Å². The lowest BCUT2D eigenvalue weighted by atomic mass is 9.98. The van der Waals surface area contributed by atoms with E-state index in [4.69, 9.17) is 10.2 Å². The molecule has 3 heterocycles. The van der Waals surface area contributed by atoms with Crippen LogP contribution >= 0.6 is 11.3 Å². The molecule has 1 aliphatic heterocycles. The molecule has 4 aromatic rings. The first-order valence-electron chi connectivity index (χ1n) is 14.2. The van der Waals surface area contributed by atoms with E-state index in [0.717, 1.165) is 6.07 Å². The molecule has 0 amide bonds. The molecular formula is C30H30F3N7O4S3. The van der Waals surface area contributed by atoms with Crippen LogP contribution in [0.25, 0.3) is 21.8 Å². The number of thiazole rings is 1. The molecule has 47 heavy (non-hydrogen) atoms. The van der Waals surface area contributed by atoms with E-state index in [9.17, 15) is 25.6 Å². The van der Waals surface area contributed by atoms with Crippen LogP contribution in [0.3, 0.4) is 0 Å². The second kappa shape index (κ2) is 12.8. The van der Waals surface area contributed by atoms with Gasteiger partial charge in [-0.25, -0.2) is 49.3 Å². The largest absolute Gasteiger partial charge is 0.351 e. The van der Waals surface area contributed by atoms with Gasteiger partial charge in [0.25, 0.3) is 10.0 Å². The highest BCUT2D eigenvalue weighted by Crippen LogP contribution is 2.42. The van der Waals surface area contributed by atoms with E-state index in [1.54, 1.807) is 6.07 Å². The first-order chi connectivity index (χ1) is 22.0. The molecule has 0 radical (unpaired) electrons. The molecule has 2 aromatic heterocycles. The normalized spacial score (nSPS) is 14.9. The summed E-state index contributed by atoms with van der Waals surface area (Å²) in [4.78, 5) is 12.8. The van der Waals surface area contributed by atoms with Crippen molar-refractivity contribution in [3.63, 3.8) is 0 Å². The van der Waals surface area contributed by atoms with Crippen molar-refractivity contribution < 1.29 is 30.0 Å². The number of anilines is 2. The van der Waals surface area contributed by atoms with Gasteiger partial charge in [-0.2, -0.15) is 5.26 Å². The minimum Gasteiger partial charge on any atom is -0.351 e. The van der Waals surface area contributed by atoms with E-state index in [1.807, 2.05) is 25.5 Å². The Morgan fingerprint density at radius 2 is 1.68 bits per heavy atom. The first kappa shape index (κ1) is 34.2. The van der Waals surface area contributed by atoms with Crippen LogP contribution in [0, 0.1) is 28.8 Å². The molecule has 1 aliphatic rings. The van der Waals surface area contributed by atoms with Crippen LogP contribution in [0.15, 0.2) is 47.5 Å². The molecule has 0 spiro atoms. The number of hydrogen-bond acceptors (Lipinski definition) is 10. The SMILES string of the molecule is CC(C)(C)c1nc(-c2cccc(NS(=O)(=O)c3c(F)cc(C#N)cc3F)c2F)c(-c2ccnc(NC3CCN(S(C)(=O)=O)CC3)n2)s1. The van der Waals surface area contributed by atoms with E-state index in [-0.39, 0.29) is 23.2 Å². The summed E-state index contributed by atoms with van der Waals surface area (Å²) in [5.74, 6) is -3.76. The minimum atomic E-state index is -4.97. The fraction of sp³-hybridized carbons (Fsp3) is 0.333. The van der Waals surface area contributed by atoms with E-state index < -0.39 is 59.1 Å². The van der Waals surface area contributed by atoms with Crippen molar-refractivity contribution in [1.29, 1.82) is 5.26 Å². The fourth-order valence-electron chi connectivity index (χ4n) is 4.94. The van der Waals surface area contributed by atoms with Gasteiger partial charge in [0.05, 0.1) is 44.8 Å². The first-order valence-corrected chi connectivity index (χ1v) is 18.4. The monoisotopic (exact) mass is 705 g/mol. The van der Waals surface area contributed by atoms with Gasteiger partial charge in [-0.05, 0) is 43.2 Å². The molecule has 1 fully saturated rings. The zero-order valence-corrected chi connectivity index (χ0v) is 28.1. The van der Waals surface area contributed by atoms with E-state index >= 15 is 4.39 Å². The maximum absolute atomic E-state index is 16.1. The molecule has 0 bridgehead atoms. The predicted molar refractivity (Wildman–Crippen MR) is 172 cm³/mol. The Morgan fingerprint density at radius 1 is 1.02 bits per heavy atom. The quantitative estimate of drug-likeness (QED) is 0.242. The number of piperidine rings is 1. The number of nitrogens with zero attached hydrogens (tertiary/aromatic N) is 5. The van der Waals surface area contributed by atoms with Crippen LogP contribution in [0.5, 0.6) is 0 Å². The fourth-order valence-corrected chi connectivity index (χ4v) is 8.10. The van der Waals surface area contributed by atoms with Crippen molar-refractivity contribution >= 4 is 43.0 Å². The van der Waals surface area contributed by atoms with Gasteiger partial charge in [0.2, 0.25) is 16.0 Å². The molecule has 2 N–H and O–H groups in total. The lowest BCUT2D eigenvalue weighted by Gasteiger charge is -2.30. The van der Waals surface area contributed by atoms with Gasteiger partial charge in [-0.3, -0.25) is 4.72 Å². The van der Waals surface area contributed by atoms with Crippen LogP contribution < -0.4 is 10.0 Å². The second-order valence-electron chi connectivity index (χ2n) is 11.9. The topological polar surface area (TPSA) is 158 Å². The van der Waals surface area contributed by atoms with Crippen LogP contribution in [0.4, 0.5) is 24.8 Å². The Kier molecular flexibility index (Phi) is 9.34. The third-order valence-electron chi connectivity index (χ3n) is 7.31. The summed E-state index contributed by atoms with van der Waals surface area (Å²) in [6, 6.07) is 8.11. The summed E-state index contributed by atoms with van der Waals surface area (Å²) in [5.41, 5.74) is -0.967. The lowest BCUT2D eigenvalue weighted by Crippen LogP contribution is -2.42. The standard InChI is InChI=1S/C30H30F3N7O4S3/c1-30(2,3)28-38-25(26(45-28)23-8-11-35-29(37-23)36-18-9-12-40(13-10-18)46(4,41)42)19-6-5-7-22(24(19)33)39-47(43,44)27-20(31)14-17(16-34)15-21(27)32/h5-8,11,14-15,18,39H,9-10,12-13H2,1-4H3,(H,35,36,37). The summed E-state index contributed by atoms with van der Waals surface area (Å²) in [5, 5.41) is 12.8. The Hall–Kier alpha value is -4.11. The minimum absolute atomic E-state index is 0.0813. The summed E-state index contributed by atoms with van der Waals surface area (Å²) in [6.07, 6.45) is 3.79. The second-order valence-corrected chi connectivity index (χ2v) is 16.5. The number of benzene rings is 2. The highest BCUT2D eigenvalue weighted by molar-refractivity contribution is 7.92. The molecule has 0 aliphatic carbocycles. The highest BCUT2D eigenvalue weighted by atomic mass is 32.2. The van der Waals surface area contributed by atoms with Gasteiger partial charge in [-0.1, -0.05) is 26.8 Å². The van der Waals surface area contributed by atoms with Crippen molar-refractivity contribution in [3.8, 4) is 27.9 Å². The molecule has 17 heteroatoms. The average molecular weight is 706 g/mol. The number of halogens is 3. The molecule has 2 aromatic carbocycles. The zero-order valence-electron chi connectivity index (χ0n) is 25.7. The zero-order chi connectivity index (χ0) is 34.3. The van der Waals surface area contributed by atoms with E-state index in [2.05, 4.69) is 15.3 Å². The molecule has 0 atom stereocenters. The molecule has 248 valence electrons. The van der Waals surface area contributed by atoms with Crippen molar-refractivity contribution in [3.05, 3.63) is 70.6 Å². The summed E-state index contributed by atoms with van der Waals surface area (Å²) in [6.45, 7) is 6.49. The molecule has 5 rings (SSSR count). The van der Waals surface area contributed by atoms with Gasteiger partial charge in [0.1, 0.15) is 11.6 Å². The van der Waals surface area contributed by atoms with Gasteiger partial charge in [0.15, 0.2) is 10.7 Å². The van der Waals surface area contributed by atoms with Crippen molar-refractivity contribution in [1.82, 2.24) is 19.3 Å². The highest BCUT2D eigenvalue weighted by Gasteiger charge is 2.30. The van der Waals surface area contributed by atoms with E-state index in [0.29, 0.717) is 53.6 Å². The maximum atomic E-state index is 16.1. The maximum Gasteiger partial charge on any atom is 0.267 e. The summed E-state index contributed by atoms with van der Waals surface area (Å²) >= 11 is 1.27. The third-order valence-corrected chi connectivity index (χ3v) is 11.5. The Labute approximate surface area is 274 Å². The third kappa shape index (κ3) is 7.40. The Morgan fingerprint density at radius 3 is 2.28 bits per heavy atom. The number of aromatic nitrogens is 3. The van der Waals surface area contributed by atoms with Crippen LogP contribution in [0.2, 0.25) is 0 Å². The molecular weight excluding hydrogens is 676 g/mol. The number of nitrogens with one attached hydrogen (secondary N) is 2. The Balaban J connectivity index is 1.50. The summed E-state index contributed by atoms with van der Waals surface area (Å²) < 4.78 is 98.5. The van der Waals surface area contributed by atoms with Crippen LogP contribution in [0.1, 0.15) is 44.2 Å². The van der Waals surface area contributed by atoms with Crippen molar-refractivity contribution in [2.24, 2.45) is 0 Å². The smallest absolute Gasteiger partial charge is 0.267 e. The Bertz CT molecular complexity index is 2080. The van der Waals surface area contributed by atoms with Gasteiger partial charge >= 0.3 is 0 Å². The predicted octanol–water partition coefficient (Wildman–Crippen LogP) is 5.49. The average Bonchev–Trinajstić information content (AvgIpc) is 3.44.